The van der Waals surface area contributed by atoms with Crippen LogP contribution in [0.1, 0.15) is 15.9 Å². The summed E-state index contributed by atoms with van der Waals surface area (Å²) >= 11 is 0. The fraction of sp³-hybridized carbons (Fsp3) is 0.0800. The minimum Gasteiger partial charge on any atom is -0.496 e. The molecule has 0 aliphatic heterocycles. The summed E-state index contributed by atoms with van der Waals surface area (Å²) < 4.78 is 57.3. The largest absolute Gasteiger partial charge is 0.496 e. The molecule has 0 fully saturated rings. The van der Waals surface area contributed by atoms with Crippen LogP contribution in [-0.2, 0) is 6.18 Å². The van der Waals surface area contributed by atoms with Gasteiger partial charge in [0.2, 0.25) is 0 Å². The summed E-state index contributed by atoms with van der Waals surface area (Å²) in [6, 6.07) is 15.2. The topological polar surface area (TPSA) is 113 Å². The van der Waals surface area contributed by atoms with E-state index >= 15 is 0 Å². The van der Waals surface area contributed by atoms with Crippen LogP contribution in [0.2, 0.25) is 0 Å². The van der Waals surface area contributed by atoms with E-state index in [1.54, 1.807) is 18.2 Å². The summed E-state index contributed by atoms with van der Waals surface area (Å²) in [6.07, 6.45) is -4.52. The summed E-state index contributed by atoms with van der Waals surface area (Å²) in [7, 11) is 1.36. The van der Waals surface area contributed by atoms with Gasteiger partial charge in [0.25, 0.3) is 5.91 Å². The lowest BCUT2D eigenvalue weighted by atomic mass is 10.1. The Bertz CT molecular complexity index is 1440. The number of carbonyl (C=O) groups excluding carboxylic acids is 2. The highest BCUT2D eigenvalue weighted by molar-refractivity contribution is 6.01. The first-order chi connectivity index (χ1) is 17.2. The van der Waals surface area contributed by atoms with Gasteiger partial charge in [-0.15, -0.1) is 0 Å². The number of carbonyl (C=O) groups is 2. The van der Waals surface area contributed by atoms with Crippen LogP contribution in [0.5, 0.6) is 23.0 Å². The molecule has 0 spiro atoms. The molecule has 4 aromatic rings. The molecule has 4 rings (SSSR count). The molecule has 0 saturated heterocycles. The first-order valence-electron chi connectivity index (χ1n) is 10.3. The van der Waals surface area contributed by atoms with E-state index in [1.807, 2.05) is 0 Å². The smallest absolute Gasteiger partial charge is 0.418 e. The molecule has 3 N–H and O–H groups in total. The van der Waals surface area contributed by atoms with Gasteiger partial charge in [-0.1, -0.05) is 18.2 Å². The van der Waals surface area contributed by atoms with Gasteiger partial charge >= 0.3 is 12.3 Å². The van der Waals surface area contributed by atoms with Crippen molar-refractivity contribution in [3.05, 3.63) is 84.1 Å². The predicted octanol–water partition coefficient (Wildman–Crippen LogP) is 5.76. The number of primary amides is 1. The van der Waals surface area contributed by atoms with Crippen molar-refractivity contribution in [3.8, 4) is 23.0 Å². The molecule has 0 unspecified atom stereocenters. The van der Waals surface area contributed by atoms with Crippen molar-refractivity contribution in [2.75, 3.05) is 12.4 Å². The van der Waals surface area contributed by atoms with Crippen LogP contribution in [0, 0.1) is 0 Å². The van der Waals surface area contributed by atoms with Gasteiger partial charge in [-0.3, -0.25) is 15.1 Å². The highest BCUT2D eigenvalue weighted by Crippen LogP contribution is 2.39. The number of hydrogen-bond acceptors (Lipinski definition) is 6. The number of anilines is 1. The van der Waals surface area contributed by atoms with Crippen LogP contribution in [-0.4, -0.2) is 24.1 Å². The van der Waals surface area contributed by atoms with Gasteiger partial charge in [0.1, 0.15) is 23.0 Å². The maximum Gasteiger partial charge on any atom is 0.418 e. The molecule has 0 radical (unpaired) electrons. The quantitative estimate of drug-likeness (QED) is 0.350. The van der Waals surface area contributed by atoms with E-state index in [-0.39, 0.29) is 28.6 Å². The SMILES string of the molecule is COc1cc2nccc(Oc3ccc(NC(=O)Oc4ccccc4)c(C(F)(F)F)c3)c2cc1C(N)=O. The van der Waals surface area contributed by atoms with E-state index in [0.29, 0.717) is 10.9 Å². The molecule has 2 amide bonds. The zero-order valence-electron chi connectivity index (χ0n) is 18.6. The molecular weight excluding hydrogens is 479 g/mol. The zero-order chi connectivity index (χ0) is 25.9. The van der Waals surface area contributed by atoms with Gasteiger partial charge in [-0.05, 0) is 42.5 Å². The number of aromatic nitrogens is 1. The third-order valence-electron chi connectivity index (χ3n) is 5.00. The standard InChI is InChI=1S/C25H18F3N3O5/c1-34-22-13-20-16(12-17(22)23(29)32)21(9-10-30-20)35-15-7-8-19(18(11-15)25(26,27)28)31-24(33)36-14-5-3-2-4-6-14/h2-13H,1H3,(H2,29,32)(H,31,33). The second kappa shape index (κ2) is 9.82. The Morgan fingerprint density at radius 1 is 0.944 bits per heavy atom. The first-order valence-corrected chi connectivity index (χ1v) is 10.3. The summed E-state index contributed by atoms with van der Waals surface area (Å²) in [6.45, 7) is 0. The molecule has 0 saturated carbocycles. The number of rotatable bonds is 6. The maximum atomic E-state index is 13.8. The molecule has 36 heavy (non-hydrogen) atoms. The van der Waals surface area contributed by atoms with Crippen molar-refractivity contribution in [2.24, 2.45) is 5.73 Å². The monoisotopic (exact) mass is 497 g/mol. The highest BCUT2D eigenvalue weighted by Gasteiger charge is 2.35. The fourth-order valence-electron chi connectivity index (χ4n) is 3.39. The van der Waals surface area contributed by atoms with E-state index in [2.05, 4.69) is 10.3 Å². The Kier molecular flexibility index (Phi) is 6.64. The summed E-state index contributed by atoms with van der Waals surface area (Å²) in [5.41, 5.74) is 4.16. The number of ether oxygens (including phenoxy) is 3. The summed E-state index contributed by atoms with van der Waals surface area (Å²) in [5, 5.41) is 2.43. The lowest BCUT2D eigenvalue weighted by molar-refractivity contribution is -0.137. The number of benzene rings is 3. The molecule has 8 nitrogen and oxygen atoms in total. The predicted molar refractivity (Wildman–Crippen MR) is 124 cm³/mol. The normalized spacial score (nSPS) is 11.1. The van der Waals surface area contributed by atoms with E-state index in [0.717, 1.165) is 12.1 Å². The lowest BCUT2D eigenvalue weighted by Crippen LogP contribution is -2.20. The lowest BCUT2D eigenvalue weighted by Gasteiger charge is -2.16. The number of nitrogens with one attached hydrogen (secondary N) is 1. The van der Waals surface area contributed by atoms with E-state index in [9.17, 15) is 22.8 Å². The van der Waals surface area contributed by atoms with Crippen LogP contribution in [0.25, 0.3) is 10.9 Å². The number of nitrogens with two attached hydrogens (primary N) is 1. The minimum absolute atomic E-state index is 0.0512. The van der Waals surface area contributed by atoms with Crippen LogP contribution in [0.4, 0.5) is 23.7 Å². The second-order valence-electron chi connectivity index (χ2n) is 7.38. The van der Waals surface area contributed by atoms with Crippen molar-refractivity contribution >= 4 is 28.6 Å². The van der Waals surface area contributed by atoms with Gasteiger partial charge in [-0.25, -0.2) is 4.79 Å². The van der Waals surface area contributed by atoms with Crippen LogP contribution >= 0.6 is 0 Å². The van der Waals surface area contributed by atoms with Gasteiger partial charge in [0.15, 0.2) is 0 Å². The van der Waals surface area contributed by atoms with Crippen molar-refractivity contribution < 1.29 is 37.0 Å². The molecule has 3 aromatic carbocycles. The van der Waals surface area contributed by atoms with Crippen molar-refractivity contribution in [1.82, 2.24) is 4.98 Å². The van der Waals surface area contributed by atoms with Crippen LogP contribution in [0.3, 0.4) is 0 Å². The third-order valence-corrected chi connectivity index (χ3v) is 5.00. The Labute approximate surface area is 202 Å². The molecule has 0 aliphatic carbocycles. The van der Waals surface area contributed by atoms with Gasteiger partial charge in [0.05, 0.1) is 29.4 Å². The minimum atomic E-state index is -4.82. The molecule has 184 valence electrons. The number of hydrogen-bond donors (Lipinski definition) is 2. The van der Waals surface area contributed by atoms with Crippen molar-refractivity contribution in [3.63, 3.8) is 0 Å². The van der Waals surface area contributed by atoms with E-state index in [1.165, 1.54) is 49.7 Å². The van der Waals surface area contributed by atoms with E-state index < -0.39 is 29.4 Å². The number of amides is 2. The van der Waals surface area contributed by atoms with Crippen molar-refractivity contribution in [2.45, 2.75) is 6.18 Å². The highest BCUT2D eigenvalue weighted by atomic mass is 19.4. The number of fused-ring (bicyclic) bond motifs is 1. The van der Waals surface area contributed by atoms with Crippen LogP contribution < -0.4 is 25.3 Å². The molecule has 11 heteroatoms. The Morgan fingerprint density at radius 3 is 2.36 bits per heavy atom. The zero-order valence-corrected chi connectivity index (χ0v) is 18.6. The van der Waals surface area contributed by atoms with Gasteiger partial charge < -0.3 is 19.9 Å². The second-order valence-corrected chi connectivity index (χ2v) is 7.38. The Morgan fingerprint density at radius 2 is 1.69 bits per heavy atom. The number of pyridine rings is 1. The van der Waals surface area contributed by atoms with E-state index in [4.69, 9.17) is 19.9 Å². The number of para-hydroxylation sites is 1. The number of methoxy groups -OCH3 is 1. The van der Waals surface area contributed by atoms with Crippen LogP contribution in [0.15, 0.2) is 72.9 Å². The fourth-order valence-corrected chi connectivity index (χ4v) is 3.39. The molecule has 0 bridgehead atoms. The summed E-state index contributed by atoms with van der Waals surface area (Å²) in [5.74, 6) is -0.451. The van der Waals surface area contributed by atoms with Crippen molar-refractivity contribution in [1.29, 1.82) is 0 Å². The molecule has 1 heterocycles. The Balaban J connectivity index is 1.66. The Hall–Kier alpha value is -4.80. The van der Waals surface area contributed by atoms with Gasteiger partial charge in [-0.2, -0.15) is 13.2 Å². The maximum absolute atomic E-state index is 13.8. The number of alkyl halides is 3. The molecular formula is C25H18F3N3O5. The summed E-state index contributed by atoms with van der Waals surface area (Å²) in [4.78, 5) is 28.1. The number of halogens is 3. The molecule has 0 aliphatic rings. The third kappa shape index (κ3) is 5.30. The molecule has 0 atom stereocenters. The van der Waals surface area contributed by atoms with Gasteiger partial charge in [0, 0.05) is 17.6 Å². The first kappa shape index (κ1) is 24.3. The molecule has 1 aromatic heterocycles. The average Bonchev–Trinajstić information content (AvgIpc) is 2.84. The average molecular weight is 497 g/mol. The number of nitrogens with zero attached hydrogens (tertiary/aromatic N) is 1.